The van der Waals surface area contributed by atoms with Gasteiger partial charge in [0.05, 0.1) is 11.6 Å². The quantitative estimate of drug-likeness (QED) is 0.685. The highest BCUT2D eigenvalue weighted by molar-refractivity contribution is 7.09. The first-order chi connectivity index (χ1) is 6.27. The number of nitrogens with two attached hydrogens (primary N) is 1. The molecule has 2 atom stereocenters. The van der Waals surface area contributed by atoms with Crippen molar-refractivity contribution in [2.75, 3.05) is 0 Å². The van der Waals surface area contributed by atoms with E-state index in [9.17, 15) is 4.79 Å². The van der Waals surface area contributed by atoms with Crippen LogP contribution in [0.3, 0.4) is 0 Å². The van der Waals surface area contributed by atoms with Gasteiger partial charge in [-0.25, -0.2) is 0 Å². The van der Waals surface area contributed by atoms with Gasteiger partial charge in [-0.1, -0.05) is 0 Å². The molecular weight excluding hydrogens is 186 g/mol. The summed E-state index contributed by atoms with van der Waals surface area (Å²) in [6.07, 6.45) is 3.06. The van der Waals surface area contributed by atoms with Crippen molar-refractivity contribution in [2.24, 2.45) is 5.73 Å². The zero-order chi connectivity index (χ0) is 9.26. The van der Waals surface area contributed by atoms with Gasteiger partial charge >= 0.3 is 0 Å². The predicted molar refractivity (Wildman–Crippen MR) is 50.2 cm³/mol. The van der Waals surface area contributed by atoms with E-state index in [1.807, 2.05) is 0 Å². The number of carbonyl (C=O) groups is 1. The normalized spacial score (nSPS) is 28.5. The summed E-state index contributed by atoms with van der Waals surface area (Å²) in [7, 11) is 0. The number of hydrogen-bond acceptors (Lipinski definition) is 4. The average molecular weight is 197 g/mol. The van der Waals surface area contributed by atoms with Gasteiger partial charge in [0.15, 0.2) is 0 Å². The maximum atomic E-state index is 11.1. The van der Waals surface area contributed by atoms with Crippen LogP contribution in [0.15, 0.2) is 11.7 Å². The van der Waals surface area contributed by atoms with Gasteiger partial charge in [-0.05, 0) is 6.42 Å². The summed E-state index contributed by atoms with van der Waals surface area (Å²) >= 11 is 1.53. The molecule has 1 saturated heterocycles. The Hall–Kier alpha value is -0.940. The largest absolute Gasteiger partial charge is 0.347 e. The van der Waals surface area contributed by atoms with E-state index in [4.69, 9.17) is 5.73 Å². The van der Waals surface area contributed by atoms with E-state index in [0.29, 0.717) is 6.42 Å². The molecule has 3 N–H and O–H groups in total. The predicted octanol–water partition coefficient (Wildman–Crippen LogP) is 0.421. The standard InChI is InChI=1S/C8H11N3OS/c9-5-1-2-7(12)11-8(5)6-3-10-4-13-6/h3-5,8H,1-2,9H2,(H,11,12). The first kappa shape index (κ1) is 8.65. The molecule has 0 aromatic carbocycles. The summed E-state index contributed by atoms with van der Waals surface area (Å²) in [5, 5.41) is 2.88. The molecule has 0 spiro atoms. The zero-order valence-corrected chi connectivity index (χ0v) is 7.88. The molecule has 1 aliphatic rings. The van der Waals surface area contributed by atoms with Crippen LogP contribution in [0, 0.1) is 0 Å². The Balaban J connectivity index is 2.17. The fourth-order valence-corrected chi connectivity index (χ4v) is 2.22. The summed E-state index contributed by atoms with van der Waals surface area (Å²) in [6, 6.07) is -0.00750. The van der Waals surface area contributed by atoms with Gasteiger partial charge in [-0.15, -0.1) is 11.3 Å². The number of nitrogens with zero attached hydrogens (tertiary/aromatic N) is 1. The Morgan fingerprint density at radius 1 is 1.69 bits per heavy atom. The number of rotatable bonds is 1. The molecule has 0 saturated carbocycles. The van der Waals surface area contributed by atoms with Crippen molar-refractivity contribution in [2.45, 2.75) is 24.9 Å². The second kappa shape index (κ2) is 3.43. The van der Waals surface area contributed by atoms with Gasteiger partial charge < -0.3 is 11.1 Å². The molecule has 1 aliphatic heterocycles. The number of carbonyl (C=O) groups excluding carboxylic acids is 1. The van der Waals surface area contributed by atoms with E-state index in [1.165, 1.54) is 11.3 Å². The van der Waals surface area contributed by atoms with Gasteiger partial charge in [0.25, 0.3) is 0 Å². The Bertz CT molecular complexity index is 298. The highest BCUT2D eigenvalue weighted by Crippen LogP contribution is 2.24. The van der Waals surface area contributed by atoms with Crippen LogP contribution >= 0.6 is 11.3 Å². The highest BCUT2D eigenvalue weighted by Gasteiger charge is 2.27. The van der Waals surface area contributed by atoms with Crippen molar-refractivity contribution in [1.29, 1.82) is 0 Å². The summed E-state index contributed by atoms with van der Waals surface area (Å²) in [5.41, 5.74) is 7.65. The smallest absolute Gasteiger partial charge is 0.220 e. The molecular formula is C8H11N3OS. The van der Waals surface area contributed by atoms with Crippen LogP contribution in [0.25, 0.3) is 0 Å². The van der Waals surface area contributed by atoms with Crippen LogP contribution in [0.1, 0.15) is 23.8 Å². The molecule has 70 valence electrons. The van der Waals surface area contributed by atoms with Crippen molar-refractivity contribution in [1.82, 2.24) is 10.3 Å². The van der Waals surface area contributed by atoms with Gasteiger partial charge in [0, 0.05) is 23.5 Å². The van der Waals surface area contributed by atoms with Crippen molar-refractivity contribution >= 4 is 17.2 Å². The molecule has 2 unspecified atom stereocenters. The zero-order valence-electron chi connectivity index (χ0n) is 7.06. The second-order valence-electron chi connectivity index (χ2n) is 3.15. The Morgan fingerprint density at radius 2 is 2.54 bits per heavy atom. The molecule has 0 radical (unpaired) electrons. The van der Waals surface area contributed by atoms with Crippen molar-refractivity contribution in [3.63, 3.8) is 0 Å². The molecule has 0 bridgehead atoms. The van der Waals surface area contributed by atoms with E-state index in [1.54, 1.807) is 11.7 Å². The Morgan fingerprint density at radius 3 is 3.23 bits per heavy atom. The molecule has 1 fully saturated rings. The molecule has 1 aromatic heterocycles. The third-order valence-electron chi connectivity index (χ3n) is 2.21. The van der Waals surface area contributed by atoms with E-state index >= 15 is 0 Å². The molecule has 2 heterocycles. The number of aromatic nitrogens is 1. The minimum absolute atomic E-state index is 0.0261. The molecule has 13 heavy (non-hydrogen) atoms. The lowest BCUT2D eigenvalue weighted by atomic mass is 9.98. The van der Waals surface area contributed by atoms with Gasteiger partial charge in [0.2, 0.25) is 5.91 Å². The first-order valence-electron chi connectivity index (χ1n) is 4.20. The highest BCUT2D eigenvalue weighted by atomic mass is 32.1. The molecule has 2 rings (SSSR count). The average Bonchev–Trinajstić information content (AvgIpc) is 2.61. The van der Waals surface area contributed by atoms with Crippen LogP contribution < -0.4 is 11.1 Å². The van der Waals surface area contributed by atoms with Gasteiger partial charge in [-0.2, -0.15) is 0 Å². The molecule has 5 heteroatoms. The summed E-state index contributed by atoms with van der Waals surface area (Å²) in [4.78, 5) is 16.1. The van der Waals surface area contributed by atoms with Crippen molar-refractivity contribution in [3.05, 3.63) is 16.6 Å². The van der Waals surface area contributed by atoms with E-state index in [-0.39, 0.29) is 18.0 Å². The Kier molecular flexibility index (Phi) is 2.28. The molecule has 1 aromatic rings. The maximum Gasteiger partial charge on any atom is 0.220 e. The molecule has 4 nitrogen and oxygen atoms in total. The van der Waals surface area contributed by atoms with Gasteiger partial charge in [0.1, 0.15) is 0 Å². The lowest BCUT2D eigenvalue weighted by Crippen LogP contribution is -2.45. The number of hydrogen-bond donors (Lipinski definition) is 2. The minimum Gasteiger partial charge on any atom is -0.347 e. The number of amides is 1. The topological polar surface area (TPSA) is 68.0 Å². The maximum absolute atomic E-state index is 11.1. The third-order valence-corrected chi connectivity index (χ3v) is 3.07. The van der Waals surface area contributed by atoms with Crippen LogP contribution in [-0.4, -0.2) is 16.9 Å². The summed E-state index contributed by atoms with van der Waals surface area (Å²) in [6.45, 7) is 0. The summed E-state index contributed by atoms with van der Waals surface area (Å²) < 4.78 is 0. The second-order valence-corrected chi connectivity index (χ2v) is 4.07. The third kappa shape index (κ3) is 1.71. The molecule has 0 aliphatic carbocycles. The van der Waals surface area contributed by atoms with Crippen LogP contribution in [0.4, 0.5) is 0 Å². The van der Waals surface area contributed by atoms with Crippen LogP contribution in [-0.2, 0) is 4.79 Å². The van der Waals surface area contributed by atoms with E-state index in [2.05, 4.69) is 10.3 Å². The fourth-order valence-electron chi connectivity index (χ4n) is 1.48. The Labute approximate surface area is 80.2 Å². The summed E-state index contributed by atoms with van der Waals surface area (Å²) in [5.74, 6) is 0.0834. The van der Waals surface area contributed by atoms with Crippen LogP contribution in [0.5, 0.6) is 0 Å². The van der Waals surface area contributed by atoms with E-state index in [0.717, 1.165) is 11.3 Å². The number of nitrogens with one attached hydrogen (secondary N) is 1. The monoisotopic (exact) mass is 197 g/mol. The lowest BCUT2D eigenvalue weighted by Gasteiger charge is -2.28. The number of thiazole rings is 1. The molecule has 1 amide bonds. The van der Waals surface area contributed by atoms with E-state index < -0.39 is 0 Å². The minimum atomic E-state index is -0.0336. The number of piperidine rings is 1. The lowest BCUT2D eigenvalue weighted by molar-refractivity contribution is -0.123. The fraction of sp³-hybridized carbons (Fsp3) is 0.500. The SMILES string of the molecule is NC1CCC(=O)NC1c1cncs1. The van der Waals surface area contributed by atoms with Crippen molar-refractivity contribution in [3.8, 4) is 0 Å². The van der Waals surface area contributed by atoms with Gasteiger partial charge in [-0.3, -0.25) is 9.78 Å². The van der Waals surface area contributed by atoms with Crippen LogP contribution in [0.2, 0.25) is 0 Å². The van der Waals surface area contributed by atoms with Crippen molar-refractivity contribution < 1.29 is 4.79 Å². The first-order valence-corrected chi connectivity index (χ1v) is 5.08.